The molecule has 0 atom stereocenters. The van der Waals surface area contributed by atoms with Gasteiger partial charge in [0.05, 0.1) is 17.6 Å². The molecule has 0 N–H and O–H groups in total. The fourth-order valence-electron chi connectivity index (χ4n) is 1.82. The summed E-state index contributed by atoms with van der Waals surface area (Å²) in [5.74, 6) is 0. The van der Waals surface area contributed by atoms with Crippen LogP contribution in [0.5, 0.6) is 0 Å². The molecule has 0 aliphatic rings. The largest absolute Gasteiger partial charge is 0.437 e. The summed E-state index contributed by atoms with van der Waals surface area (Å²) >= 11 is 0. The number of aromatic nitrogens is 2. The fourth-order valence-corrected chi connectivity index (χ4v) is 1.82. The quantitative estimate of drug-likeness (QED) is 0.784. The van der Waals surface area contributed by atoms with Gasteiger partial charge in [-0.3, -0.25) is 14.3 Å². The first-order valence-corrected chi connectivity index (χ1v) is 5.95. The van der Waals surface area contributed by atoms with Gasteiger partial charge in [0.15, 0.2) is 0 Å². The molecule has 23 heavy (non-hydrogen) atoms. The number of halogens is 7. The minimum Gasteiger partial charge on any atom is -0.283 e. The Labute approximate surface area is 124 Å². The van der Waals surface area contributed by atoms with Crippen LogP contribution >= 0.6 is 0 Å². The predicted octanol–water partition coefficient (Wildman–Crippen LogP) is 3.52. The highest BCUT2D eigenvalue weighted by Gasteiger charge is 2.74. The van der Waals surface area contributed by atoms with E-state index < -0.39 is 29.3 Å². The SMILES string of the molecule is O=c1ccccn1-c1ccc(C(F)(C(F)(F)F)C(F)(F)F)nc1. The molecule has 0 radical (unpaired) electrons. The van der Waals surface area contributed by atoms with Crippen molar-refractivity contribution >= 4 is 0 Å². The molecule has 124 valence electrons. The third-order valence-electron chi connectivity index (χ3n) is 2.98. The molecule has 0 aliphatic heterocycles. The first kappa shape index (κ1) is 17.0. The summed E-state index contributed by atoms with van der Waals surface area (Å²) in [6, 6.07) is 4.92. The number of hydrogen-bond acceptors (Lipinski definition) is 2. The molecule has 2 aromatic heterocycles. The lowest BCUT2D eigenvalue weighted by atomic mass is 9.99. The molecule has 0 amide bonds. The number of nitrogens with zero attached hydrogens (tertiary/aromatic N) is 2. The molecule has 2 rings (SSSR count). The summed E-state index contributed by atoms with van der Waals surface area (Å²) in [6.45, 7) is 0. The van der Waals surface area contributed by atoms with Crippen molar-refractivity contribution in [2.45, 2.75) is 18.0 Å². The van der Waals surface area contributed by atoms with Crippen molar-refractivity contribution in [1.29, 1.82) is 0 Å². The summed E-state index contributed by atoms with van der Waals surface area (Å²) in [6.07, 6.45) is -10.7. The van der Waals surface area contributed by atoms with Gasteiger partial charge in [-0.1, -0.05) is 6.07 Å². The topological polar surface area (TPSA) is 34.9 Å². The van der Waals surface area contributed by atoms with E-state index in [1.807, 2.05) is 0 Å². The van der Waals surface area contributed by atoms with Gasteiger partial charge < -0.3 is 0 Å². The number of pyridine rings is 2. The highest BCUT2D eigenvalue weighted by atomic mass is 19.4. The van der Waals surface area contributed by atoms with Crippen molar-refractivity contribution in [1.82, 2.24) is 9.55 Å². The zero-order chi connectivity index (χ0) is 17.5. The average molecular weight is 340 g/mol. The molecule has 0 aliphatic carbocycles. The molecular formula is C13H7F7N2O. The Balaban J connectivity index is 2.54. The van der Waals surface area contributed by atoms with Crippen LogP contribution in [0.25, 0.3) is 5.69 Å². The summed E-state index contributed by atoms with van der Waals surface area (Å²) in [5, 5.41) is 0. The van der Waals surface area contributed by atoms with Crippen LogP contribution in [-0.2, 0) is 5.67 Å². The van der Waals surface area contributed by atoms with E-state index in [1.165, 1.54) is 18.3 Å². The van der Waals surface area contributed by atoms with E-state index in [0.29, 0.717) is 6.20 Å². The first-order chi connectivity index (χ1) is 10.5. The van der Waals surface area contributed by atoms with Crippen molar-refractivity contribution in [2.75, 3.05) is 0 Å². The number of rotatable bonds is 2. The fraction of sp³-hybridized carbons (Fsp3) is 0.231. The van der Waals surface area contributed by atoms with Gasteiger partial charge in [-0.15, -0.1) is 0 Å². The normalized spacial score (nSPS) is 13.2. The van der Waals surface area contributed by atoms with E-state index in [-0.39, 0.29) is 11.8 Å². The molecule has 3 nitrogen and oxygen atoms in total. The third kappa shape index (κ3) is 2.80. The lowest BCUT2D eigenvalue weighted by Gasteiger charge is -2.29. The Kier molecular flexibility index (Phi) is 3.95. The van der Waals surface area contributed by atoms with Crippen LogP contribution in [0.1, 0.15) is 5.69 Å². The third-order valence-corrected chi connectivity index (χ3v) is 2.98. The van der Waals surface area contributed by atoms with E-state index >= 15 is 0 Å². The van der Waals surface area contributed by atoms with E-state index in [2.05, 4.69) is 4.98 Å². The van der Waals surface area contributed by atoms with Gasteiger partial charge in [-0.2, -0.15) is 26.3 Å². The molecule has 0 bridgehead atoms. The van der Waals surface area contributed by atoms with Crippen molar-refractivity contribution < 1.29 is 30.7 Å². The molecule has 2 heterocycles. The Morgan fingerprint density at radius 2 is 1.48 bits per heavy atom. The van der Waals surface area contributed by atoms with E-state index in [4.69, 9.17) is 0 Å². The monoisotopic (exact) mass is 340 g/mol. The maximum Gasteiger partial charge on any atom is 0.437 e. The van der Waals surface area contributed by atoms with Crippen molar-refractivity contribution in [3.63, 3.8) is 0 Å². The lowest BCUT2D eigenvalue weighted by molar-refractivity contribution is -0.350. The van der Waals surface area contributed by atoms with Crippen molar-refractivity contribution in [3.05, 3.63) is 58.8 Å². The number of hydrogen-bond donors (Lipinski definition) is 0. The molecule has 0 saturated heterocycles. The van der Waals surface area contributed by atoms with Crippen LogP contribution in [0.15, 0.2) is 47.5 Å². The van der Waals surface area contributed by atoms with Gasteiger partial charge >= 0.3 is 18.0 Å². The molecular weight excluding hydrogens is 333 g/mol. The van der Waals surface area contributed by atoms with Gasteiger partial charge in [0, 0.05) is 12.3 Å². The highest BCUT2D eigenvalue weighted by molar-refractivity contribution is 5.32. The van der Waals surface area contributed by atoms with Gasteiger partial charge in [0.25, 0.3) is 5.56 Å². The zero-order valence-corrected chi connectivity index (χ0v) is 11.0. The number of alkyl halides is 7. The minimum absolute atomic E-state index is 0.106. The molecule has 0 fully saturated rings. The summed E-state index contributed by atoms with van der Waals surface area (Å²) < 4.78 is 90.2. The maximum atomic E-state index is 13.8. The first-order valence-electron chi connectivity index (χ1n) is 5.95. The molecule has 0 spiro atoms. The van der Waals surface area contributed by atoms with Crippen LogP contribution < -0.4 is 5.56 Å². The minimum atomic E-state index is -6.23. The molecule has 0 unspecified atom stereocenters. The Bertz CT molecular complexity index is 732. The Morgan fingerprint density at radius 3 is 1.91 bits per heavy atom. The lowest BCUT2D eigenvalue weighted by Crippen LogP contribution is -2.50. The van der Waals surface area contributed by atoms with Gasteiger partial charge in [-0.25, -0.2) is 4.39 Å². The standard InChI is InChI=1S/C13H7F7N2O/c14-11(12(15,16)17,13(18,19)20)9-5-4-8(7-21-9)22-6-2-1-3-10(22)23/h1-7H. The molecule has 10 heteroatoms. The Morgan fingerprint density at radius 1 is 0.870 bits per heavy atom. The summed E-state index contributed by atoms with van der Waals surface area (Å²) in [4.78, 5) is 14.4. The summed E-state index contributed by atoms with van der Waals surface area (Å²) in [5.41, 5.74) is -8.14. The second kappa shape index (κ2) is 5.36. The van der Waals surface area contributed by atoms with E-state index in [9.17, 15) is 35.5 Å². The van der Waals surface area contributed by atoms with Gasteiger partial charge in [0.2, 0.25) is 0 Å². The van der Waals surface area contributed by atoms with E-state index in [1.54, 1.807) is 0 Å². The second-order valence-corrected chi connectivity index (χ2v) is 4.46. The van der Waals surface area contributed by atoms with Crippen LogP contribution in [0.2, 0.25) is 0 Å². The molecule has 0 saturated carbocycles. The average Bonchev–Trinajstić information content (AvgIpc) is 2.45. The van der Waals surface area contributed by atoms with E-state index in [0.717, 1.165) is 16.7 Å². The molecule has 2 aromatic rings. The summed E-state index contributed by atoms with van der Waals surface area (Å²) in [7, 11) is 0. The van der Waals surface area contributed by atoms with Gasteiger partial charge in [0.1, 0.15) is 0 Å². The zero-order valence-electron chi connectivity index (χ0n) is 11.0. The van der Waals surface area contributed by atoms with Crippen LogP contribution in [-0.4, -0.2) is 21.9 Å². The predicted molar refractivity (Wildman–Crippen MR) is 64.7 cm³/mol. The smallest absolute Gasteiger partial charge is 0.283 e. The molecule has 0 aromatic carbocycles. The van der Waals surface area contributed by atoms with Crippen molar-refractivity contribution in [3.8, 4) is 5.69 Å². The maximum absolute atomic E-state index is 13.8. The highest BCUT2D eigenvalue weighted by Crippen LogP contribution is 2.52. The van der Waals surface area contributed by atoms with Crippen LogP contribution in [0, 0.1) is 0 Å². The Hall–Kier alpha value is -2.39. The van der Waals surface area contributed by atoms with Crippen molar-refractivity contribution in [2.24, 2.45) is 0 Å². The van der Waals surface area contributed by atoms with Crippen LogP contribution in [0.3, 0.4) is 0 Å². The second-order valence-electron chi connectivity index (χ2n) is 4.46. The van der Waals surface area contributed by atoms with Crippen LogP contribution in [0.4, 0.5) is 30.7 Å². The van der Waals surface area contributed by atoms with Gasteiger partial charge in [-0.05, 0) is 18.2 Å².